The van der Waals surface area contributed by atoms with Crippen molar-refractivity contribution in [3.05, 3.63) is 52.4 Å². The van der Waals surface area contributed by atoms with Gasteiger partial charge in [0.05, 0.1) is 5.69 Å². The van der Waals surface area contributed by atoms with E-state index in [1.807, 2.05) is 17.9 Å². The van der Waals surface area contributed by atoms with Crippen LogP contribution in [0, 0.1) is 12.8 Å². The number of carbonyl (C=O) groups is 2. The maximum absolute atomic E-state index is 13.1. The summed E-state index contributed by atoms with van der Waals surface area (Å²) in [7, 11) is 0. The minimum atomic E-state index is -0.241. The van der Waals surface area contributed by atoms with E-state index in [1.54, 1.807) is 18.2 Å². The summed E-state index contributed by atoms with van der Waals surface area (Å²) in [6.07, 6.45) is 6.46. The molecule has 3 aliphatic rings. The van der Waals surface area contributed by atoms with Crippen LogP contribution < -0.4 is 19.7 Å². The van der Waals surface area contributed by atoms with Crippen LogP contribution in [0.3, 0.4) is 0 Å². The zero-order chi connectivity index (χ0) is 23.9. The van der Waals surface area contributed by atoms with Crippen molar-refractivity contribution in [1.29, 1.82) is 0 Å². The minimum Gasteiger partial charge on any atom is -0.454 e. The van der Waals surface area contributed by atoms with E-state index in [1.165, 1.54) is 23.3 Å². The molecule has 3 aromatic rings. The summed E-state index contributed by atoms with van der Waals surface area (Å²) in [4.78, 5) is 33.6. The lowest BCUT2D eigenvalue weighted by atomic mass is 9.88. The molecule has 35 heavy (non-hydrogen) atoms. The lowest BCUT2D eigenvalue weighted by Crippen LogP contribution is -2.35. The minimum absolute atomic E-state index is 0.169. The fourth-order valence-electron chi connectivity index (χ4n) is 5.27. The molecule has 0 radical (unpaired) electrons. The Bertz CT molecular complexity index is 1310. The molecule has 0 unspecified atom stereocenters. The number of aryl methyl sites for hydroxylation is 1. The predicted octanol–water partition coefficient (Wildman–Crippen LogP) is 5.57. The zero-order valence-electron chi connectivity index (χ0n) is 19.6. The van der Waals surface area contributed by atoms with Crippen molar-refractivity contribution in [1.82, 2.24) is 4.98 Å². The third kappa shape index (κ3) is 4.16. The molecule has 0 saturated heterocycles. The topological polar surface area (TPSA) is 80.8 Å². The summed E-state index contributed by atoms with van der Waals surface area (Å²) in [5, 5.41) is 3.46. The van der Waals surface area contributed by atoms with Crippen molar-refractivity contribution < 1.29 is 19.1 Å². The van der Waals surface area contributed by atoms with E-state index in [9.17, 15) is 9.59 Å². The normalized spacial score (nSPS) is 16.9. The fourth-order valence-corrected chi connectivity index (χ4v) is 6.10. The van der Waals surface area contributed by atoms with Crippen LogP contribution in [-0.2, 0) is 11.2 Å². The highest BCUT2D eigenvalue weighted by Gasteiger charge is 2.31. The van der Waals surface area contributed by atoms with Gasteiger partial charge < -0.3 is 14.4 Å². The molecule has 8 heteroatoms. The summed E-state index contributed by atoms with van der Waals surface area (Å²) in [6, 6.07) is 11.4. The van der Waals surface area contributed by atoms with E-state index in [0.717, 1.165) is 60.5 Å². The molecule has 0 bridgehead atoms. The Hall–Kier alpha value is -3.39. The summed E-state index contributed by atoms with van der Waals surface area (Å²) in [5.41, 5.74) is 4.58. The van der Waals surface area contributed by atoms with Crippen molar-refractivity contribution in [2.45, 2.75) is 45.4 Å². The first kappa shape index (κ1) is 22.1. The number of hydrogen-bond donors (Lipinski definition) is 1. The van der Waals surface area contributed by atoms with Gasteiger partial charge in [-0.1, -0.05) is 25.3 Å². The van der Waals surface area contributed by atoms with E-state index in [4.69, 9.17) is 14.5 Å². The van der Waals surface area contributed by atoms with Crippen molar-refractivity contribution in [3.63, 3.8) is 0 Å². The van der Waals surface area contributed by atoms with Crippen molar-refractivity contribution in [2.75, 3.05) is 23.6 Å². The molecule has 2 aromatic carbocycles. The molecule has 1 aromatic heterocycles. The molecule has 1 fully saturated rings. The van der Waals surface area contributed by atoms with Crippen LogP contribution in [-0.4, -0.2) is 30.1 Å². The Morgan fingerprint density at radius 3 is 2.74 bits per heavy atom. The van der Waals surface area contributed by atoms with Crippen LogP contribution in [0.15, 0.2) is 36.4 Å². The maximum atomic E-state index is 13.1. The third-order valence-corrected chi connectivity index (χ3v) is 8.01. The Labute approximate surface area is 208 Å². The van der Waals surface area contributed by atoms with Gasteiger partial charge in [0, 0.05) is 34.2 Å². The number of rotatable bonds is 4. The van der Waals surface area contributed by atoms with Crippen LogP contribution >= 0.6 is 11.3 Å². The highest BCUT2D eigenvalue weighted by molar-refractivity contribution is 7.16. The van der Waals surface area contributed by atoms with Crippen molar-refractivity contribution in [2.24, 2.45) is 5.92 Å². The number of nitrogens with one attached hydrogen (secondary N) is 1. The van der Waals surface area contributed by atoms with Gasteiger partial charge in [0.25, 0.3) is 5.91 Å². The summed E-state index contributed by atoms with van der Waals surface area (Å²) in [5.74, 6) is 1.43. The molecule has 1 aliphatic carbocycles. The molecular formula is C27H27N3O4S. The summed E-state index contributed by atoms with van der Waals surface area (Å²) in [6.45, 7) is 2.93. The van der Waals surface area contributed by atoms with Gasteiger partial charge in [0.2, 0.25) is 12.7 Å². The molecule has 1 N–H and O–H groups in total. The van der Waals surface area contributed by atoms with Crippen LogP contribution in [0.25, 0.3) is 11.3 Å². The van der Waals surface area contributed by atoms with Crippen LogP contribution in [0.2, 0.25) is 0 Å². The summed E-state index contributed by atoms with van der Waals surface area (Å²) < 4.78 is 10.7. The SMILES string of the molecule is Cc1sc(NC(=O)c2ccc3c(c2)OCO3)nc1-c1ccc2c(c1)CCN2C(=O)C1CCCCC1. The average molecular weight is 490 g/mol. The van der Waals surface area contributed by atoms with Crippen LogP contribution in [0.5, 0.6) is 11.5 Å². The van der Waals surface area contributed by atoms with Gasteiger partial charge in [-0.25, -0.2) is 4.98 Å². The van der Waals surface area contributed by atoms with Crippen LogP contribution in [0.4, 0.5) is 10.8 Å². The number of nitrogens with zero attached hydrogens (tertiary/aromatic N) is 2. The second-order valence-electron chi connectivity index (χ2n) is 9.36. The van der Waals surface area contributed by atoms with Gasteiger partial charge in [-0.05, 0) is 62.1 Å². The lowest BCUT2D eigenvalue weighted by Gasteiger charge is -2.26. The second kappa shape index (κ2) is 9.00. The average Bonchev–Trinajstić information content (AvgIpc) is 3.61. The molecule has 7 nitrogen and oxygen atoms in total. The number of carbonyl (C=O) groups excluding carboxylic acids is 2. The standard InChI is InChI=1S/C27H27N3O4S/c1-16-24(28-27(35-16)29-25(31)20-8-10-22-23(14-20)34-15-33-22)19-7-9-21-18(13-19)11-12-30(21)26(32)17-5-3-2-4-6-17/h7-10,13-14,17H,2-6,11-12,15H2,1H3,(H,28,29,31). The molecule has 1 saturated carbocycles. The quantitative estimate of drug-likeness (QED) is 0.518. The van der Waals surface area contributed by atoms with E-state index < -0.39 is 0 Å². The molecule has 3 heterocycles. The molecule has 180 valence electrons. The van der Waals surface area contributed by atoms with E-state index >= 15 is 0 Å². The molecule has 0 atom stereocenters. The van der Waals surface area contributed by atoms with Gasteiger partial charge in [-0.15, -0.1) is 11.3 Å². The van der Waals surface area contributed by atoms with Gasteiger partial charge in [-0.2, -0.15) is 0 Å². The lowest BCUT2D eigenvalue weighted by molar-refractivity contribution is -0.123. The largest absolute Gasteiger partial charge is 0.454 e. The number of aromatic nitrogens is 1. The van der Waals surface area contributed by atoms with E-state index in [2.05, 4.69) is 17.4 Å². The van der Waals surface area contributed by atoms with Gasteiger partial charge in [0.1, 0.15) is 0 Å². The first-order valence-corrected chi connectivity index (χ1v) is 13.0. The predicted molar refractivity (Wildman–Crippen MR) is 135 cm³/mol. The number of hydrogen-bond acceptors (Lipinski definition) is 6. The molecule has 0 spiro atoms. The zero-order valence-corrected chi connectivity index (χ0v) is 20.5. The van der Waals surface area contributed by atoms with Gasteiger partial charge in [0.15, 0.2) is 16.6 Å². The number of amides is 2. The Morgan fingerprint density at radius 2 is 1.89 bits per heavy atom. The molecule has 2 amide bonds. The number of benzene rings is 2. The smallest absolute Gasteiger partial charge is 0.257 e. The highest BCUT2D eigenvalue weighted by Crippen LogP contribution is 2.38. The Morgan fingerprint density at radius 1 is 1.06 bits per heavy atom. The van der Waals surface area contributed by atoms with Crippen LogP contribution in [0.1, 0.15) is 52.9 Å². The number of ether oxygens (including phenoxy) is 2. The van der Waals surface area contributed by atoms with E-state index in [-0.39, 0.29) is 24.5 Å². The molecule has 2 aliphatic heterocycles. The first-order valence-electron chi connectivity index (χ1n) is 12.2. The molecule has 6 rings (SSSR count). The van der Waals surface area contributed by atoms with Gasteiger partial charge in [-0.3, -0.25) is 14.9 Å². The maximum Gasteiger partial charge on any atom is 0.257 e. The van der Waals surface area contributed by atoms with Gasteiger partial charge >= 0.3 is 0 Å². The number of thiazole rings is 1. The Balaban J connectivity index is 1.19. The second-order valence-corrected chi connectivity index (χ2v) is 10.6. The third-order valence-electron chi connectivity index (χ3n) is 7.12. The van der Waals surface area contributed by atoms with Crippen molar-refractivity contribution >= 4 is 34.0 Å². The number of fused-ring (bicyclic) bond motifs is 2. The monoisotopic (exact) mass is 489 g/mol. The van der Waals surface area contributed by atoms with E-state index in [0.29, 0.717) is 22.2 Å². The Kier molecular flexibility index (Phi) is 5.68. The highest BCUT2D eigenvalue weighted by atomic mass is 32.1. The summed E-state index contributed by atoms with van der Waals surface area (Å²) >= 11 is 1.45. The molecular weight excluding hydrogens is 462 g/mol. The fraction of sp³-hybridized carbons (Fsp3) is 0.370. The number of anilines is 2. The van der Waals surface area contributed by atoms with Crippen molar-refractivity contribution in [3.8, 4) is 22.8 Å². The first-order chi connectivity index (χ1) is 17.1.